The number of esters is 1. The number of anilines is 1. The molecule has 24 heavy (non-hydrogen) atoms. The van der Waals surface area contributed by atoms with Gasteiger partial charge in [0.15, 0.2) is 0 Å². The Kier molecular flexibility index (Phi) is 5.17. The highest BCUT2D eigenvalue weighted by Crippen LogP contribution is 2.38. The maximum absolute atomic E-state index is 12.3. The highest BCUT2D eigenvalue weighted by Gasteiger charge is 2.27. The number of carbonyl (C=O) groups excluding carboxylic acids is 2. The van der Waals surface area contributed by atoms with Gasteiger partial charge in [0.05, 0.1) is 25.1 Å². The number of rotatable bonds is 4. The predicted octanol–water partition coefficient (Wildman–Crippen LogP) is 1.93. The van der Waals surface area contributed by atoms with Gasteiger partial charge in [0.25, 0.3) is 0 Å². The minimum atomic E-state index is -0.161. The fourth-order valence-electron chi connectivity index (χ4n) is 3.47. The monoisotopic (exact) mass is 347 g/mol. The van der Waals surface area contributed by atoms with Crippen LogP contribution in [0.2, 0.25) is 0 Å². The van der Waals surface area contributed by atoms with Crippen molar-refractivity contribution < 1.29 is 14.3 Å². The molecule has 2 aliphatic rings. The Morgan fingerprint density at radius 2 is 2.12 bits per heavy atom. The number of carbonyl (C=O) groups is 2. The number of hydrogen-bond acceptors (Lipinski definition) is 6. The van der Waals surface area contributed by atoms with E-state index >= 15 is 0 Å². The third-order valence-electron chi connectivity index (χ3n) is 4.78. The SMILES string of the molecule is COC(=O)C1CCN(CC(=O)Nc2sc3c(c2C#N)CCC3)CC1. The smallest absolute Gasteiger partial charge is 0.308 e. The minimum Gasteiger partial charge on any atom is -0.469 e. The van der Waals surface area contributed by atoms with Crippen molar-refractivity contribution in [1.82, 2.24) is 4.90 Å². The molecule has 0 saturated carbocycles. The van der Waals surface area contributed by atoms with Gasteiger partial charge in [0.1, 0.15) is 11.1 Å². The first-order chi connectivity index (χ1) is 11.6. The van der Waals surface area contributed by atoms with Crippen LogP contribution < -0.4 is 5.32 Å². The van der Waals surface area contributed by atoms with Crippen LogP contribution in [0.25, 0.3) is 0 Å². The van der Waals surface area contributed by atoms with Crippen LogP contribution in [-0.4, -0.2) is 43.5 Å². The molecule has 0 bridgehead atoms. The van der Waals surface area contributed by atoms with Crippen molar-refractivity contribution in [3.63, 3.8) is 0 Å². The van der Waals surface area contributed by atoms with Crippen molar-refractivity contribution in [2.75, 3.05) is 32.1 Å². The van der Waals surface area contributed by atoms with Gasteiger partial charge in [-0.2, -0.15) is 5.26 Å². The van der Waals surface area contributed by atoms with E-state index in [4.69, 9.17) is 4.74 Å². The maximum Gasteiger partial charge on any atom is 0.308 e. The average Bonchev–Trinajstić information content (AvgIpc) is 3.15. The molecule has 0 spiro atoms. The zero-order valence-electron chi connectivity index (χ0n) is 13.8. The van der Waals surface area contributed by atoms with Gasteiger partial charge in [-0.25, -0.2) is 0 Å². The van der Waals surface area contributed by atoms with Gasteiger partial charge >= 0.3 is 5.97 Å². The highest BCUT2D eigenvalue weighted by molar-refractivity contribution is 7.16. The molecule has 1 fully saturated rings. The molecule has 6 nitrogen and oxygen atoms in total. The van der Waals surface area contributed by atoms with Crippen LogP contribution in [-0.2, 0) is 27.2 Å². The Bertz CT molecular complexity index is 684. The summed E-state index contributed by atoms with van der Waals surface area (Å²) in [7, 11) is 1.41. The summed E-state index contributed by atoms with van der Waals surface area (Å²) >= 11 is 1.54. The molecular formula is C17H21N3O3S. The number of piperidine rings is 1. The number of likely N-dealkylation sites (tertiary alicyclic amines) is 1. The first-order valence-electron chi connectivity index (χ1n) is 8.27. The summed E-state index contributed by atoms with van der Waals surface area (Å²) in [4.78, 5) is 27.1. The standard InChI is InChI=1S/C17H21N3O3S/c1-23-17(22)11-5-7-20(8-6-11)10-15(21)19-16-13(9-18)12-3-2-4-14(12)24-16/h11H,2-8,10H2,1H3,(H,19,21). The largest absolute Gasteiger partial charge is 0.469 e. The molecule has 0 unspecified atom stereocenters. The van der Waals surface area contributed by atoms with Gasteiger partial charge in [0.2, 0.25) is 5.91 Å². The lowest BCUT2D eigenvalue weighted by Crippen LogP contribution is -2.41. The van der Waals surface area contributed by atoms with Crippen molar-refractivity contribution >= 4 is 28.2 Å². The molecule has 1 aromatic heterocycles. The lowest BCUT2D eigenvalue weighted by molar-refractivity contribution is -0.147. The summed E-state index contributed by atoms with van der Waals surface area (Å²) < 4.78 is 4.77. The molecule has 0 radical (unpaired) electrons. The molecule has 1 aromatic rings. The first kappa shape index (κ1) is 16.9. The zero-order chi connectivity index (χ0) is 17.1. The van der Waals surface area contributed by atoms with E-state index in [0.717, 1.165) is 37.7 Å². The Morgan fingerprint density at radius 1 is 1.38 bits per heavy atom. The fourth-order valence-corrected chi connectivity index (χ4v) is 4.73. The number of thiophene rings is 1. The van der Waals surface area contributed by atoms with Crippen molar-refractivity contribution in [3.8, 4) is 6.07 Å². The van der Waals surface area contributed by atoms with Crippen molar-refractivity contribution in [1.29, 1.82) is 5.26 Å². The van der Waals surface area contributed by atoms with Crippen molar-refractivity contribution in [3.05, 3.63) is 16.0 Å². The van der Waals surface area contributed by atoms with Gasteiger partial charge < -0.3 is 10.1 Å². The molecule has 0 atom stereocenters. The summed E-state index contributed by atoms with van der Waals surface area (Å²) in [6.07, 6.45) is 4.48. The second-order valence-corrected chi connectivity index (χ2v) is 7.40. The number of fused-ring (bicyclic) bond motifs is 1. The maximum atomic E-state index is 12.3. The number of ether oxygens (including phenoxy) is 1. The molecule has 1 saturated heterocycles. The molecular weight excluding hydrogens is 326 g/mol. The number of nitrogens with zero attached hydrogens (tertiary/aromatic N) is 2. The van der Waals surface area contributed by atoms with Crippen LogP contribution in [0.4, 0.5) is 5.00 Å². The van der Waals surface area contributed by atoms with E-state index in [1.165, 1.54) is 23.3 Å². The number of amides is 1. The predicted molar refractivity (Wildman–Crippen MR) is 90.9 cm³/mol. The quantitative estimate of drug-likeness (QED) is 0.842. The summed E-state index contributed by atoms with van der Waals surface area (Å²) in [5.74, 6) is -0.312. The van der Waals surface area contributed by atoms with Gasteiger partial charge in [-0.05, 0) is 50.8 Å². The van der Waals surface area contributed by atoms with Crippen molar-refractivity contribution in [2.24, 2.45) is 5.92 Å². The lowest BCUT2D eigenvalue weighted by atomic mass is 9.97. The molecule has 0 aromatic carbocycles. The van der Waals surface area contributed by atoms with Crippen LogP contribution in [0.15, 0.2) is 0 Å². The third kappa shape index (κ3) is 3.45. The van der Waals surface area contributed by atoms with Crippen LogP contribution in [0.5, 0.6) is 0 Å². The van der Waals surface area contributed by atoms with Crippen LogP contribution in [0.3, 0.4) is 0 Å². The Labute approximate surface area is 145 Å². The molecule has 1 N–H and O–H groups in total. The second-order valence-electron chi connectivity index (χ2n) is 6.30. The summed E-state index contributed by atoms with van der Waals surface area (Å²) in [5.41, 5.74) is 1.77. The van der Waals surface area contributed by atoms with Gasteiger partial charge in [0, 0.05) is 4.88 Å². The zero-order valence-corrected chi connectivity index (χ0v) is 14.6. The average molecular weight is 347 g/mol. The van der Waals surface area contributed by atoms with Crippen LogP contribution in [0.1, 0.15) is 35.3 Å². The molecule has 7 heteroatoms. The number of aryl methyl sites for hydroxylation is 1. The molecule has 3 rings (SSSR count). The van der Waals surface area contributed by atoms with E-state index < -0.39 is 0 Å². The first-order valence-corrected chi connectivity index (χ1v) is 9.08. The second kappa shape index (κ2) is 7.32. The summed E-state index contributed by atoms with van der Waals surface area (Å²) in [5, 5.41) is 13.0. The molecule has 2 heterocycles. The topological polar surface area (TPSA) is 82.4 Å². The summed E-state index contributed by atoms with van der Waals surface area (Å²) in [6, 6.07) is 2.24. The molecule has 1 amide bonds. The highest BCUT2D eigenvalue weighted by atomic mass is 32.1. The lowest BCUT2D eigenvalue weighted by Gasteiger charge is -2.29. The van der Waals surface area contributed by atoms with Crippen molar-refractivity contribution in [2.45, 2.75) is 32.1 Å². The molecule has 1 aliphatic carbocycles. The molecule has 1 aliphatic heterocycles. The summed E-state index contributed by atoms with van der Waals surface area (Å²) in [6.45, 7) is 1.71. The normalized spacial score (nSPS) is 18.0. The van der Waals surface area contributed by atoms with E-state index in [-0.39, 0.29) is 17.8 Å². The Morgan fingerprint density at radius 3 is 2.79 bits per heavy atom. The van der Waals surface area contributed by atoms with E-state index in [1.807, 2.05) is 4.90 Å². The fraction of sp³-hybridized carbons (Fsp3) is 0.588. The number of nitriles is 1. The van der Waals surface area contributed by atoms with Gasteiger partial charge in [-0.1, -0.05) is 0 Å². The van der Waals surface area contributed by atoms with E-state index in [9.17, 15) is 14.9 Å². The number of methoxy groups -OCH3 is 1. The Hall–Kier alpha value is -1.91. The van der Waals surface area contributed by atoms with E-state index in [1.54, 1.807) is 0 Å². The number of nitrogens with one attached hydrogen (secondary N) is 1. The minimum absolute atomic E-state index is 0.0558. The van der Waals surface area contributed by atoms with Crippen LogP contribution >= 0.6 is 11.3 Å². The van der Waals surface area contributed by atoms with Gasteiger partial charge in [-0.3, -0.25) is 14.5 Å². The van der Waals surface area contributed by atoms with Crippen LogP contribution in [0, 0.1) is 17.2 Å². The number of hydrogen-bond donors (Lipinski definition) is 1. The van der Waals surface area contributed by atoms with E-state index in [2.05, 4.69) is 11.4 Å². The molecule has 128 valence electrons. The van der Waals surface area contributed by atoms with E-state index in [0.29, 0.717) is 30.2 Å². The Balaban J connectivity index is 1.54. The third-order valence-corrected chi connectivity index (χ3v) is 5.98. The van der Waals surface area contributed by atoms with Gasteiger partial charge in [-0.15, -0.1) is 11.3 Å².